The molecule has 5 rings (SSSR count). The first-order chi connectivity index (χ1) is 16.7. The van der Waals surface area contributed by atoms with Crippen molar-refractivity contribution in [2.75, 3.05) is 6.54 Å². The van der Waals surface area contributed by atoms with Gasteiger partial charge in [0.1, 0.15) is 11.3 Å². The quantitative estimate of drug-likeness (QED) is 0.507. The topological polar surface area (TPSA) is 58.6 Å². The Morgan fingerprint density at radius 1 is 1.09 bits per heavy atom. The summed E-state index contributed by atoms with van der Waals surface area (Å²) < 4.78 is 48.5. The number of alkyl halides is 3. The summed E-state index contributed by atoms with van der Waals surface area (Å²) in [7, 11) is 0. The number of piperidine rings is 1. The average molecular weight is 490 g/mol. The van der Waals surface area contributed by atoms with Gasteiger partial charge < -0.3 is 15.2 Å². The van der Waals surface area contributed by atoms with E-state index in [0.29, 0.717) is 36.0 Å². The molecule has 1 heterocycles. The number of carboxylic acids is 1. The molecular formula is C28H34F3NO3. The number of carboxylic acid groups (broad SMARTS) is 1. The van der Waals surface area contributed by atoms with Gasteiger partial charge in [0.15, 0.2) is 0 Å². The van der Waals surface area contributed by atoms with Gasteiger partial charge in [-0.05, 0) is 98.1 Å². The van der Waals surface area contributed by atoms with Gasteiger partial charge in [-0.15, -0.1) is 0 Å². The molecule has 4 nitrogen and oxygen atoms in total. The maximum Gasteiger partial charge on any atom is 0.420 e. The molecule has 2 saturated carbocycles. The molecule has 190 valence electrons. The molecular weight excluding hydrogens is 455 g/mol. The molecule has 0 aromatic heterocycles. The normalized spacial score (nSPS) is 31.3. The largest absolute Gasteiger partial charge is 0.490 e. The zero-order valence-corrected chi connectivity index (χ0v) is 20.1. The molecule has 4 atom stereocenters. The van der Waals surface area contributed by atoms with E-state index in [-0.39, 0.29) is 29.2 Å². The van der Waals surface area contributed by atoms with E-state index in [1.807, 2.05) is 12.1 Å². The molecule has 2 aromatic rings. The third-order valence-electron chi connectivity index (χ3n) is 8.58. The smallest absolute Gasteiger partial charge is 0.420 e. The minimum absolute atomic E-state index is 0.0666. The summed E-state index contributed by atoms with van der Waals surface area (Å²) in [5.41, 5.74) is 0.318. The van der Waals surface area contributed by atoms with Crippen molar-refractivity contribution < 1.29 is 27.8 Å². The summed E-state index contributed by atoms with van der Waals surface area (Å²) in [6.45, 7) is 3.07. The van der Waals surface area contributed by atoms with E-state index >= 15 is 0 Å². The highest BCUT2D eigenvalue weighted by Gasteiger charge is 2.42. The van der Waals surface area contributed by atoms with Gasteiger partial charge in [0, 0.05) is 6.04 Å². The minimum Gasteiger partial charge on any atom is -0.490 e. The Morgan fingerprint density at radius 2 is 1.86 bits per heavy atom. The molecule has 35 heavy (non-hydrogen) atoms. The Morgan fingerprint density at radius 3 is 2.54 bits per heavy atom. The lowest BCUT2D eigenvalue weighted by molar-refractivity contribution is -0.145. The van der Waals surface area contributed by atoms with Crippen LogP contribution in [-0.2, 0) is 17.4 Å². The third kappa shape index (κ3) is 5.16. The van der Waals surface area contributed by atoms with Gasteiger partial charge >= 0.3 is 12.1 Å². The summed E-state index contributed by atoms with van der Waals surface area (Å²) in [6.07, 6.45) is 1.84. The molecule has 7 heteroatoms. The lowest BCUT2D eigenvalue weighted by Gasteiger charge is -2.45. The molecule has 3 aliphatic rings. The molecule has 2 N–H and O–H groups in total. The third-order valence-corrected chi connectivity index (χ3v) is 8.58. The van der Waals surface area contributed by atoms with Crippen LogP contribution in [0.1, 0.15) is 63.0 Å². The van der Waals surface area contributed by atoms with Gasteiger partial charge in [-0.25, -0.2) is 0 Å². The predicted octanol–water partition coefficient (Wildman–Crippen LogP) is 6.45. The van der Waals surface area contributed by atoms with E-state index in [1.54, 1.807) is 12.1 Å². The lowest BCUT2D eigenvalue weighted by atomic mass is 9.66. The molecule has 2 aliphatic carbocycles. The number of hydrogen-bond acceptors (Lipinski definition) is 3. The van der Waals surface area contributed by atoms with Crippen molar-refractivity contribution in [2.45, 2.75) is 76.6 Å². The van der Waals surface area contributed by atoms with E-state index < -0.39 is 17.7 Å². The first-order valence-corrected chi connectivity index (χ1v) is 12.9. The highest BCUT2D eigenvalue weighted by molar-refractivity contribution is 5.89. The molecule has 0 amide bonds. The highest BCUT2D eigenvalue weighted by Crippen LogP contribution is 2.44. The molecule has 1 saturated heterocycles. The van der Waals surface area contributed by atoms with Gasteiger partial charge in [0.25, 0.3) is 0 Å². The number of benzene rings is 2. The fourth-order valence-corrected chi connectivity index (χ4v) is 6.65. The Hall–Kier alpha value is -2.28. The van der Waals surface area contributed by atoms with Crippen molar-refractivity contribution >= 4 is 16.7 Å². The standard InChI is InChI=1S/C28H34F3NO3/c1-16-2-6-21(7-3-16)35-25-9-5-18-12-17(4-8-22(18)26(25)28(29,30)31)13-23-19-10-11-32-24(23)15-20(14-19)27(33)34/h4-5,8-9,12,16,19-21,23-24,32H,2-3,6-7,10-11,13-15H2,1H3,(H,33,34). The van der Waals surface area contributed by atoms with Crippen LogP contribution in [0.15, 0.2) is 30.3 Å². The van der Waals surface area contributed by atoms with Crippen LogP contribution in [0.3, 0.4) is 0 Å². The van der Waals surface area contributed by atoms with Crippen molar-refractivity contribution in [1.29, 1.82) is 0 Å². The molecule has 2 aromatic carbocycles. The molecule has 0 spiro atoms. The van der Waals surface area contributed by atoms with Crippen molar-refractivity contribution in [3.05, 3.63) is 41.5 Å². The summed E-state index contributed by atoms with van der Waals surface area (Å²) in [6, 6.07) is 8.64. The summed E-state index contributed by atoms with van der Waals surface area (Å²) in [5, 5.41) is 13.7. The second kappa shape index (κ2) is 9.64. The van der Waals surface area contributed by atoms with Crippen LogP contribution in [0.4, 0.5) is 13.2 Å². The Labute approximate surface area is 204 Å². The van der Waals surface area contributed by atoms with Crippen LogP contribution in [-0.4, -0.2) is 29.8 Å². The van der Waals surface area contributed by atoms with E-state index in [9.17, 15) is 23.1 Å². The fourth-order valence-electron chi connectivity index (χ4n) is 6.65. The summed E-state index contributed by atoms with van der Waals surface area (Å²) in [5.74, 6) is 0.115. The second-order valence-corrected chi connectivity index (χ2v) is 11.0. The van der Waals surface area contributed by atoms with E-state index in [0.717, 1.165) is 50.6 Å². The van der Waals surface area contributed by atoms with Crippen LogP contribution in [0.5, 0.6) is 5.75 Å². The van der Waals surface area contributed by atoms with Crippen LogP contribution in [0.2, 0.25) is 0 Å². The van der Waals surface area contributed by atoms with Crippen LogP contribution in [0.25, 0.3) is 10.8 Å². The Balaban J connectivity index is 1.40. The number of fused-ring (bicyclic) bond motifs is 3. The van der Waals surface area contributed by atoms with Gasteiger partial charge in [0.05, 0.1) is 12.0 Å². The lowest BCUT2D eigenvalue weighted by Crippen LogP contribution is -2.52. The summed E-state index contributed by atoms with van der Waals surface area (Å²) in [4.78, 5) is 11.5. The van der Waals surface area contributed by atoms with Gasteiger partial charge in [0.2, 0.25) is 0 Å². The number of ether oxygens (including phenoxy) is 1. The first-order valence-electron chi connectivity index (χ1n) is 12.9. The van der Waals surface area contributed by atoms with Crippen molar-refractivity contribution in [1.82, 2.24) is 5.32 Å². The Kier molecular flexibility index (Phi) is 6.73. The highest BCUT2D eigenvalue weighted by atomic mass is 19.4. The van der Waals surface area contributed by atoms with Crippen LogP contribution < -0.4 is 10.1 Å². The van der Waals surface area contributed by atoms with Gasteiger partial charge in [-0.1, -0.05) is 31.2 Å². The number of nitrogens with one attached hydrogen (secondary N) is 1. The molecule has 4 unspecified atom stereocenters. The molecule has 2 bridgehead atoms. The molecule has 1 aliphatic heterocycles. The number of carbonyl (C=O) groups is 1. The van der Waals surface area contributed by atoms with Crippen molar-refractivity contribution in [3.63, 3.8) is 0 Å². The van der Waals surface area contributed by atoms with Gasteiger partial charge in [-0.2, -0.15) is 13.2 Å². The van der Waals surface area contributed by atoms with E-state index in [1.165, 1.54) is 6.07 Å². The van der Waals surface area contributed by atoms with Gasteiger partial charge in [-0.3, -0.25) is 4.79 Å². The van der Waals surface area contributed by atoms with Crippen molar-refractivity contribution in [3.8, 4) is 5.75 Å². The second-order valence-electron chi connectivity index (χ2n) is 11.0. The van der Waals surface area contributed by atoms with E-state index in [2.05, 4.69) is 12.2 Å². The van der Waals surface area contributed by atoms with Crippen LogP contribution >= 0.6 is 0 Å². The predicted molar refractivity (Wildman–Crippen MR) is 128 cm³/mol. The first kappa shape index (κ1) is 24.4. The Bertz CT molecular complexity index is 1060. The SMILES string of the molecule is CC1CCC(Oc2ccc3cc(CC4C5CCNC4CC(C(=O)O)C5)ccc3c2C(F)(F)F)CC1. The molecule has 3 fully saturated rings. The average Bonchev–Trinajstić information content (AvgIpc) is 2.79. The monoisotopic (exact) mass is 489 g/mol. The molecule has 0 radical (unpaired) electrons. The summed E-state index contributed by atoms with van der Waals surface area (Å²) >= 11 is 0. The fraction of sp³-hybridized carbons (Fsp3) is 0.607. The number of aliphatic carboxylic acids is 1. The zero-order chi connectivity index (χ0) is 24.7. The minimum atomic E-state index is -4.51. The maximum absolute atomic E-state index is 14.2. The maximum atomic E-state index is 14.2. The number of hydrogen-bond donors (Lipinski definition) is 2. The zero-order valence-electron chi connectivity index (χ0n) is 20.1. The van der Waals surface area contributed by atoms with Crippen molar-refractivity contribution in [2.24, 2.45) is 23.7 Å². The van der Waals surface area contributed by atoms with Crippen LogP contribution in [0, 0.1) is 23.7 Å². The number of rotatable bonds is 5. The number of halogens is 3. The van der Waals surface area contributed by atoms with E-state index in [4.69, 9.17) is 4.74 Å².